The molecule has 1 aromatic rings. The summed E-state index contributed by atoms with van der Waals surface area (Å²) in [5, 5.41) is 2.69. The highest BCUT2D eigenvalue weighted by molar-refractivity contribution is 7.16. The highest BCUT2D eigenvalue weighted by Gasteiger charge is 2.19. The van der Waals surface area contributed by atoms with Crippen LogP contribution in [0.4, 0.5) is 5.00 Å². The Morgan fingerprint density at radius 3 is 2.85 bits per heavy atom. The molecule has 3 heteroatoms. The van der Waals surface area contributed by atoms with E-state index in [1.54, 1.807) is 0 Å². The van der Waals surface area contributed by atoms with E-state index in [-0.39, 0.29) is 0 Å². The number of hydrogen-bond acceptors (Lipinski definition) is 3. The second kappa shape index (κ2) is 3.29. The van der Waals surface area contributed by atoms with Crippen LogP contribution in [-0.2, 0) is 6.42 Å². The number of aryl methyl sites for hydroxylation is 1. The maximum atomic E-state index is 4.68. The zero-order valence-electron chi connectivity index (χ0n) is 8.50. The molecule has 2 heterocycles. The van der Waals surface area contributed by atoms with E-state index in [4.69, 9.17) is 0 Å². The average molecular weight is 196 g/mol. The van der Waals surface area contributed by atoms with Crippen molar-refractivity contribution < 1.29 is 0 Å². The molecule has 0 amide bonds. The maximum Gasteiger partial charge on any atom is 0.114 e. The molecule has 2 nitrogen and oxygen atoms in total. The van der Waals surface area contributed by atoms with Gasteiger partial charge in [0.1, 0.15) is 5.00 Å². The Morgan fingerprint density at radius 1 is 1.46 bits per heavy atom. The molecule has 0 unspecified atom stereocenters. The van der Waals surface area contributed by atoms with Crippen LogP contribution in [-0.4, -0.2) is 18.6 Å². The summed E-state index contributed by atoms with van der Waals surface area (Å²) in [6.45, 7) is 5.61. The maximum absolute atomic E-state index is 4.68. The molecule has 13 heavy (non-hydrogen) atoms. The van der Waals surface area contributed by atoms with E-state index < -0.39 is 0 Å². The van der Waals surface area contributed by atoms with E-state index in [0.29, 0.717) is 5.92 Å². The van der Waals surface area contributed by atoms with Crippen LogP contribution in [0.1, 0.15) is 36.9 Å². The summed E-state index contributed by atoms with van der Waals surface area (Å²) in [4.78, 5) is 7.01. The van der Waals surface area contributed by atoms with Crippen LogP contribution < -0.4 is 4.90 Å². The summed E-state index contributed by atoms with van der Waals surface area (Å²) in [6, 6.07) is 0. The van der Waals surface area contributed by atoms with Gasteiger partial charge in [0.15, 0.2) is 0 Å². The lowest BCUT2D eigenvalue weighted by atomic mass is 10.2. The topological polar surface area (TPSA) is 16.1 Å². The standard InChI is InChI=1S/C10H16N2S/c1-7(2)9-11-8-5-4-6-12(3)10(8)13-9/h7H,4-6H2,1-3H3. The van der Waals surface area contributed by atoms with Gasteiger partial charge in [-0.3, -0.25) is 0 Å². The normalized spacial score (nSPS) is 16.5. The van der Waals surface area contributed by atoms with Crippen molar-refractivity contribution in [1.29, 1.82) is 0 Å². The van der Waals surface area contributed by atoms with Gasteiger partial charge in [0, 0.05) is 19.5 Å². The van der Waals surface area contributed by atoms with Crippen LogP contribution in [0.25, 0.3) is 0 Å². The minimum atomic E-state index is 0.573. The van der Waals surface area contributed by atoms with Gasteiger partial charge in [-0.1, -0.05) is 13.8 Å². The number of nitrogens with zero attached hydrogens (tertiary/aromatic N) is 2. The first kappa shape index (κ1) is 9.00. The fourth-order valence-corrected chi connectivity index (χ4v) is 2.76. The molecule has 0 bridgehead atoms. The molecule has 0 aliphatic carbocycles. The van der Waals surface area contributed by atoms with Crippen LogP contribution in [0, 0.1) is 0 Å². The first-order valence-electron chi connectivity index (χ1n) is 4.89. The van der Waals surface area contributed by atoms with E-state index in [0.717, 1.165) is 0 Å². The number of fused-ring (bicyclic) bond motifs is 1. The zero-order valence-corrected chi connectivity index (χ0v) is 9.32. The minimum Gasteiger partial charge on any atom is -0.365 e. The molecular weight excluding hydrogens is 180 g/mol. The first-order valence-corrected chi connectivity index (χ1v) is 5.71. The van der Waals surface area contributed by atoms with Crippen LogP contribution in [0.5, 0.6) is 0 Å². The number of aromatic nitrogens is 1. The fourth-order valence-electron chi connectivity index (χ4n) is 1.65. The van der Waals surface area contributed by atoms with Crippen molar-refractivity contribution in [1.82, 2.24) is 4.98 Å². The van der Waals surface area contributed by atoms with Crippen molar-refractivity contribution in [2.45, 2.75) is 32.6 Å². The lowest BCUT2D eigenvalue weighted by molar-refractivity contribution is 0.730. The molecule has 0 saturated heterocycles. The van der Waals surface area contributed by atoms with Gasteiger partial charge in [0.25, 0.3) is 0 Å². The predicted molar refractivity (Wildman–Crippen MR) is 57.8 cm³/mol. The summed E-state index contributed by atoms with van der Waals surface area (Å²) in [5.41, 5.74) is 1.32. The van der Waals surface area contributed by atoms with E-state index >= 15 is 0 Å². The molecular formula is C10H16N2S. The number of thiazole rings is 1. The number of rotatable bonds is 1. The highest BCUT2D eigenvalue weighted by atomic mass is 32.1. The average Bonchev–Trinajstić information content (AvgIpc) is 2.49. The van der Waals surface area contributed by atoms with Gasteiger partial charge in [0.05, 0.1) is 10.7 Å². The quantitative estimate of drug-likeness (QED) is 0.686. The van der Waals surface area contributed by atoms with Crippen molar-refractivity contribution in [3.8, 4) is 0 Å². The third-order valence-electron chi connectivity index (χ3n) is 2.44. The van der Waals surface area contributed by atoms with Crippen LogP contribution in [0.3, 0.4) is 0 Å². The third kappa shape index (κ3) is 1.57. The smallest absolute Gasteiger partial charge is 0.114 e. The van der Waals surface area contributed by atoms with Crippen molar-refractivity contribution in [3.05, 3.63) is 10.7 Å². The molecule has 0 atom stereocenters. The molecule has 2 rings (SSSR count). The SMILES string of the molecule is CC(C)c1nc2c(s1)N(C)CCC2. The highest BCUT2D eigenvalue weighted by Crippen LogP contribution is 2.34. The molecule has 0 aromatic carbocycles. The van der Waals surface area contributed by atoms with Crippen molar-refractivity contribution in [3.63, 3.8) is 0 Å². The van der Waals surface area contributed by atoms with Crippen LogP contribution >= 0.6 is 11.3 Å². The monoisotopic (exact) mass is 196 g/mol. The molecule has 72 valence electrons. The number of anilines is 1. The third-order valence-corrected chi connectivity index (χ3v) is 3.95. The van der Waals surface area contributed by atoms with Gasteiger partial charge in [-0.2, -0.15) is 0 Å². The van der Waals surface area contributed by atoms with Crippen molar-refractivity contribution >= 4 is 16.3 Å². The molecule has 0 saturated carbocycles. The van der Waals surface area contributed by atoms with Gasteiger partial charge in [0.2, 0.25) is 0 Å². The first-order chi connectivity index (χ1) is 6.18. The van der Waals surface area contributed by atoms with Gasteiger partial charge in [-0.05, 0) is 12.8 Å². The Kier molecular flexibility index (Phi) is 2.28. The Hall–Kier alpha value is -0.570. The van der Waals surface area contributed by atoms with Crippen molar-refractivity contribution in [2.24, 2.45) is 0 Å². The lowest BCUT2D eigenvalue weighted by Gasteiger charge is -2.22. The molecule has 0 N–H and O–H groups in total. The Morgan fingerprint density at radius 2 is 2.23 bits per heavy atom. The van der Waals surface area contributed by atoms with Crippen LogP contribution in [0.15, 0.2) is 0 Å². The molecule has 0 spiro atoms. The largest absolute Gasteiger partial charge is 0.365 e. The summed E-state index contributed by atoms with van der Waals surface area (Å²) >= 11 is 1.87. The second-order valence-corrected chi connectivity index (χ2v) is 4.99. The van der Waals surface area contributed by atoms with Crippen molar-refractivity contribution in [2.75, 3.05) is 18.5 Å². The zero-order chi connectivity index (χ0) is 9.42. The van der Waals surface area contributed by atoms with Gasteiger partial charge in [-0.15, -0.1) is 11.3 Å². The molecule has 1 aliphatic heterocycles. The molecule has 1 aliphatic rings. The van der Waals surface area contributed by atoms with Gasteiger partial charge >= 0.3 is 0 Å². The summed E-state index contributed by atoms with van der Waals surface area (Å²) in [6.07, 6.45) is 2.42. The van der Waals surface area contributed by atoms with E-state index in [1.165, 1.54) is 35.1 Å². The lowest BCUT2D eigenvalue weighted by Crippen LogP contribution is -2.23. The minimum absolute atomic E-state index is 0.573. The van der Waals surface area contributed by atoms with Crippen LogP contribution in [0.2, 0.25) is 0 Å². The second-order valence-electron chi connectivity index (χ2n) is 3.98. The number of hydrogen-bond donors (Lipinski definition) is 0. The fraction of sp³-hybridized carbons (Fsp3) is 0.700. The molecule has 1 aromatic heterocycles. The summed E-state index contributed by atoms with van der Waals surface area (Å²) in [7, 11) is 2.17. The van der Waals surface area contributed by atoms with E-state index in [1.807, 2.05) is 11.3 Å². The van der Waals surface area contributed by atoms with E-state index in [9.17, 15) is 0 Å². The summed E-state index contributed by atoms with van der Waals surface area (Å²) < 4.78 is 0. The Labute approximate surface area is 83.6 Å². The summed E-state index contributed by atoms with van der Waals surface area (Å²) in [5.74, 6) is 0.573. The Bertz CT molecular complexity index is 304. The van der Waals surface area contributed by atoms with Gasteiger partial charge < -0.3 is 4.90 Å². The predicted octanol–water partition coefficient (Wildman–Crippen LogP) is 2.65. The molecule has 0 fully saturated rings. The van der Waals surface area contributed by atoms with E-state index in [2.05, 4.69) is 30.8 Å². The Balaban J connectivity index is 2.36. The van der Waals surface area contributed by atoms with Gasteiger partial charge in [-0.25, -0.2) is 4.98 Å². The molecule has 0 radical (unpaired) electrons.